The maximum atomic E-state index is 13.8. The van der Waals surface area contributed by atoms with Gasteiger partial charge in [0.15, 0.2) is 0 Å². The predicted octanol–water partition coefficient (Wildman–Crippen LogP) is 3.77. The molecule has 2 aromatic carbocycles. The molecule has 3 N–H and O–H groups in total. The third-order valence-electron chi connectivity index (χ3n) is 6.38. The molecule has 0 bridgehead atoms. The van der Waals surface area contributed by atoms with Crippen molar-refractivity contribution in [3.63, 3.8) is 0 Å². The van der Waals surface area contributed by atoms with E-state index in [-0.39, 0.29) is 48.8 Å². The molecule has 2 aliphatic heterocycles. The van der Waals surface area contributed by atoms with Crippen LogP contribution in [0.15, 0.2) is 42.5 Å². The third kappa shape index (κ3) is 5.93. The summed E-state index contributed by atoms with van der Waals surface area (Å²) in [5.41, 5.74) is 0.716. The topological polar surface area (TPSA) is 109 Å². The monoisotopic (exact) mass is 498 g/mol. The second-order valence-electron chi connectivity index (χ2n) is 8.99. The molecule has 2 aromatic rings. The van der Waals surface area contributed by atoms with E-state index in [1.807, 2.05) is 6.92 Å². The van der Waals surface area contributed by atoms with Crippen LogP contribution in [0, 0.1) is 5.82 Å². The third-order valence-corrected chi connectivity index (χ3v) is 6.38. The fourth-order valence-electron chi connectivity index (χ4n) is 4.50. The molecule has 4 amide bonds. The van der Waals surface area contributed by atoms with Crippen molar-refractivity contribution in [1.82, 2.24) is 10.2 Å². The fraction of sp³-hybridized carbons (Fsp3) is 0.423. The summed E-state index contributed by atoms with van der Waals surface area (Å²) in [4.78, 5) is 39.5. The average molecular weight is 499 g/mol. The Morgan fingerprint density at radius 3 is 2.72 bits per heavy atom. The van der Waals surface area contributed by atoms with Gasteiger partial charge in [-0.1, -0.05) is 19.1 Å². The fourth-order valence-corrected chi connectivity index (χ4v) is 4.50. The number of urea groups is 1. The van der Waals surface area contributed by atoms with Gasteiger partial charge in [-0.15, -0.1) is 0 Å². The van der Waals surface area contributed by atoms with Gasteiger partial charge in [0, 0.05) is 19.3 Å². The first-order chi connectivity index (χ1) is 17.4. The number of nitrogens with zero attached hydrogens (tertiary/aromatic N) is 1. The average Bonchev–Trinajstić information content (AvgIpc) is 2.86. The van der Waals surface area contributed by atoms with Crippen LogP contribution in [-0.2, 0) is 9.53 Å². The highest BCUT2D eigenvalue weighted by molar-refractivity contribution is 6.02. The van der Waals surface area contributed by atoms with E-state index >= 15 is 0 Å². The Morgan fingerprint density at radius 2 is 1.94 bits per heavy atom. The van der Waals surface area contributed by atoms with Gasteiger partial charge in [0.1, 0.15) is 24.3 Å². The molecule has 4 rings (SSSR count). The van der Waals surface area contributed by atoms with Crippen molar-refractivity contribution in [1.29, 1.82) is 0 Å². The van der Waals surface area contributed by atoms with Crippen LogP contribution in [0.2, 0.25) is 0 Å². The number of amides is 4. The highest BCUT2D eigenvalue weighted by atomic mass is 19.1. The van der Waals surface area contributed by atoms with Gasteiger partial charge in [-0.05, 0) is 49.6 Å². The molecule has 0 unspecified atom stereocenters. The molecule has 9 nitrogen and oxygen atoms in total. The van der Waals surface area contributed by atoms with Crippen LogP contribution in [0.1, 0.15) is 43.0 Å². The van der Waals surface area contributed by atoms with Gasteiger partial charge in [-0.2, -0.15) is 0 Å². The van der Waals surface area contributed by atoms with Gasteiger partial charge in [0.05, 0.1) is 29.8 Å². The van der Waals surface area contributed by atoms with E-state index in [2.05, 4.69) is 16.0 Å². The van der Waals surface area contributed by atoms with E-state index < -0.39 is 11.8 Å². The number of likely N-dealkylation sites (N-methyl/N-ethyl adjacent to an activating group) is 1. The summed E-state index contributed by atoms with van der Waals surface area (Å²) in [5, 5.41) is 7.95. The zero-order valence-electron chi connectivity index (χ0n) is 20.4. The first kappa shape index (κ1) is 25.4. The molecule has 10 heteroatoms. The van der Waals surface area contributed by atoms with Crippen molar-refractivity contribution < 1.29 is 28.2 Å². The van der Waals surface area contributed by atoms with Gasteiger partial charge in [-0.3, -0.25) is 9.59 Å². The maximum absolute atomic E-state index is 13.8. The van der Waals surface area contributed by atoms with Crippen molar-refractivity contribution in [3.05, 3.63) is 53.8 Å². The Balaban J connectivity index is 1.43. The smallest absolute Gasteiger partial charge is 0.323 e. The Morgan fingerprint density at radius 1 is 1.14 bits per heavy atom. The number of para-hydroxylation sites is 1. The minimum absolute atomic E-state index is 0.0408. The van der Waals surface area contributed by atoms with E-state index in [9.17, 15) is 18.8 Å². The number of rotatable bonds is 6. The largest absolute Gasteiger partial charge is 0.490 e. The molecule has 2 heterocycles. The van der Waals surface area contributed by atoms with E-state index in [1.165, 1.54) is 18.2 Å². The Bertz CT molecular complexity index is 1130. The van der Waals surface area contributed by atoms with Crippen LogP contribution in [0.25, 0.3) is 0 Å². The summed E-state index contributed by atoms with van der Waals surface area (Å²) < 4.78 is 26.0. The van der Waals surface area contributed by atoms with Gasteiger partial charge < -0.3 is 30.3 Å². The predicted molar refractivity (Wildman–Crippen MR) is 133 cm³/mol. The standard InChI is InChI=1S/C26H31FN4O5/c1-3-12-28-24(32)14-17-9-10-21-23(36-17)15-35-22-11-8-16(13-18(22)25(33)31(21)2)29-26(34)30-20-7-5-4-6-19(20)27/h4-8,11,13,17,21,23H,3,9-10,12,14-15H2,1-2H3,(H,28,32)(H2,29,30,34)/t17-,21+,23-/m0/s1. The van der Waals surface area contributed by atoms with Crippen molar-refractivity contribution in [2.45, 2.75) is 50.9 Å². The summed E-state index contributed by atoms with van der Waals surface area (Å²) in [5.74, 6) is -0.484. The number of carbonyl (C=O) groups is 3. The lowest BCUT2D eigenvalue weighted by atomic mass is 9.94. The summed E-state index contributed by atoms with van der Waals surface area (Å²) in [6.45, 7) is 2.86. The van der Waals surface area contributed by atoms with E-state index in [1.54, 1.807) is 36.2 Å². The molecule has 2 aliphatic rings. The van der Waals surface area contributed by atoms with Crippen LogP contribution in [0.4, 0.5) is 20.6 Å². The molecule has 3 atom stereocenters. The molecule has 1 saturated heterocycles. The lowest BCUT2D eigenvalue weighted by Gasteiger charge is -2.42. The van der Waals surface area contributed by atoms with Gasteiger partial charge in [0.25, 0.3) is 5.91 Å². The highest BCUT2D eigenvalue weighted by Crippen LogP contribution is 2.32. The van der Waals surface area contributed by atoms with Crippen LogP contribution >= 0.6 is 0 Å². The number of fused-ring (bicyclic) bond motifs is 2. The maximum Gasteiger partial charge on any atom is 0.323 e. The van der Waals surface area contributed by atoms with Crippen molar-refractivity contribution in [2.75, 3.05) is 30.8 Å². The molecule has 36 heavy (non-hydrogen) atoms. The van der Waals surface area contributed by atoms with E-state index in [4.69, 9.17) is 9.47 Å². The van der Waals surface area contributed by atoms with Gasteiger partial charge in [-0.25, -0.2) is 9.18 Å². The Labute approximate surface area is 209 Å². The SMILES string of the molecule is CCCNC(=O)C[C@@H]1CC[C@@H]2[C@H](COc3ccc(NC(=O)Nc4ccccc4F)cc3C(=O)N2C)O1. The van der Waals surface area contributed by atoms with Crippen LogP contribution in [0.3, 0.4) is 0 Å². The summed E-state index contributed by atoms with van der Waals surface area (Å²) in [6.07, 6.45) is 1.89. The van der Waals surface area contributed by atoms with Crippen LogP contribution in [-0.4, -0.2) is 61.2 Å². The number of anilines is 2. The number of hydrogen-bond acceptors (Lipinski definition) is 5. The van der Waals surface area contributed by atoms with Gasteiger partial charge in [0.2, 0.25) is 5.91 Å². The summed E-state index contributed by atoms with van der Waals surface area (Å²) >= 11 is 0. The second kappa shape index (κ2) is 11.4. The lowest BCUT2D eigenvalue weighted by molar-refractivity contribution is -0.134. The summed E-state index contributed by atoms with van der Waals surface area (Å²) in [6, 6.07) is 9.76. The zero-order chi connectivity index (χ0) is 25.7. The second-order valence-corrected chi connectivity index (χ2v) is 8.99. The van der Waals surface area contributed by atoms with Crippen molar-refractivity contribution >= 4 is 29.2 Å². The normalized spacial score (nSPS) is 21.2. The number of halogens is 1. The number of hydrogen-bond donors (Lipinski definition) is 3. The minimum Gasteiger partial charge on any atom is -0.490 e. The molecule has 0 saturated carbocycles. The molecule has 0 aromatic heterocycles. The molecular weight excluding hydrogens is 467 g/mol. The van der Waals surface area contributed by atoms with E-state index in [0.29, 0.717) is 36.4 Å². The molecule has 0 spiro atoms. The van der Waals surface area contributed by atoms with Gasteiger partial charge >= 0.3 is 6.03 Å². The van der Waals surface area contributed by atoms with E-state index in [0.717, 1.165) is 6.42 Å². The van der Waals surface area contributed by atoms with Crippen LogP contribution in [0.5, 0.6) is 5.75 Å². The zero-order valence-corrected chi connectivity index (χ0v) is 20.4. The quantitative estimate of drug-likeness (QED) is 0.562. The Hall–Kier alpha value is -3.66. The highest BCUT2D eigenvalue weighted by Gasteiger charge is 2.39. The molecule has 192 valence electrons. The number of ether oxygens (including phenoxy) is 2. The minimum atomic E-state index is -0.637. The first-order valence-corrected chi connectivity index (χ1v) is 12.1. The first-order valence-electron chi connectivity index (χ1n) is 12.1. The number of carbonyl (C=O) groups excluding carboxylic acids is 3. The number of nitrogens with one attached hydrogen (secondary N) is 3. The molecule has 1 fully saturated rings. The molecular formula is C26H31FN4O5. The lowest BCUT2D eigenvalue weighted by Crippen LogP contribution is -2.54. The summed E-state index contributed by atoms with van der Waals surface area (Å²) in [7, 11) is 1.72. The number of benzene rings is 2. The molecule has 0 aliphatic carbocycles. The molecule has 0 radical (unpaired) electrons. The Kier molecular flexibility index (Phi) is 8.04. The van der Waals surface area contributed by atoms with Crippen molar-refractivity contribution in [3.8, 4) is 5.75 Å². The van der Waals surface area contributed by atoms with Crippen molar-refractivity contribution in [2.24, 2.45) is 0 Å². The van der Waals surface area contributed by atoms with Crippen LogP contribution < -0.4 is 20.7 Å².